The summed E-state index contributed by atoms with van der Waals surface area (Å²) in [4.78, 5) is 21.8. The third-order valence-corrected chi connectivity index (χ3v) is 3.79. The van der Waals surface area contributed by atoms with Crippen LogP contribution >= 0.6 is 0 Å². The smallest absolute Gasteiger partial charge is 0.312 e. The molecule has 21 heavy (non-hydrogen) atoms. The number of anilines is 1. The van der Waals surface area contributed by atoms with Crippen LogP contribution in [0.2, 0.25) is 0 Å². The molecule has 0 aliphatic heterocycles. The van der Waals surface area contributed by atoms with Crippen LogP contribution in [0.1, 0.15) is 6.92 Å². The number of carboxylic acid groups (broad SMARTS) is 1. The van der Waals surface area contributed by atoms with E-state index in [4.69, 9.17) is 10.2 Å². The summed E-state index contributed by atoms with van der Waals surface area (Å²) in [5, 5.41) is 25.0. The lowest BCUT2D eigenvalue weighted by Gasteiger charge is -2.21. The molecule has 0 fully saturated rings. The lowest BCUT2D eigenvalue weighted by molar-refractivity contribution is -0.387. The second-order valence-electron chi connectivity index (χ2n) is 4.55. The Kier molecular flexibility index (Phi) is 4.86. The predicted octanol–water partition coefficient (Wildman–Crippen LogP) is 0.399. The Labute approximate surface area is 121 Å². The quantitative estimate of drug-likeness (QED) is 0.570. The van der Waals surface area contributed by atoms with E-state index in [1.165, 1.54) is 31.0 Å². The Hall–Kier alpha value is -2.20. The van der Waals surface area contributed by atoms with Crippen molar-refractivity contribution in [2.24, 2.45) is 11.1 Å². The van der Waals surface area contributed by atoms with Gasteiger partial charge < -0.3 is 10.0 Å². The number of nitrogens with zero attached hydrogens (tertiary/aromatic N) is 2. The Morgan fingerprint density at radius 1 is 1.52 bits per heavy atom. The van der Waals surface area contributed by atoms with Gasteiger partial charge in [-0.3, -0.25) is 14.9 Å². The number of rotatable bonds is 6. The largest absolute Gasteiger partial charge is 0.481 e. The van der Waals surface area contributed by atoms with Crippen molar-refractivity contribution in [3.63, 3.8) is 0 Å². The average molecular weight is 317 g/mol. The van der Waals surface area contributed by atoms with E-state index in [0.717, 1.165) is 6.07 Å². The van der Waals surface area contributed by atoms with Gasteiger partial charge in [0.25, 0.3) is 0 Å². The van der Waals surface area contributed by atoms with Gasteiger partial charge in [0, 0.05) is 13.6 Å². The van der Waals surface area contributed by atoms with E-state index < -0.39 is 37.4 Å². The number of nitrogens with two attached hydrogens (primary N) is 1. The monoisotopic (exact) mass is 317 g/mol. The fraction of sp³-hybridized carbons (Fsp3) is 0.364. The molecule has 1 aromatic rings. The van der Waals surface area contributed by atoms with Crippen molar-refractivity contribution in [1.82, 2.24) is 0 Å². The topological polar surface area (TPSA) is 144 Å². The molecular formula is C11H15N3O6S. The van der Waals surface area contributed by atoms with Gasteiger partial charge in [-0.1, -0.05) is 13.0 Å². The molecule has 9 nitrogen and oxygen atoms in total. The van der Waals surface area contributed by atoms with Crippen LogP contribution in [0.5, 0.6) is 0 Å². The molecule has 3 N–H and O–H groups in total. The molecule has 1 aromatic carbocycles. The van der Waals surface area contributed by atoms with Crippen molar-refractivity contribution in [3.05, 3.63) is 28.3 Å². The Morgan fingerprint density at radius 2 is 2.10 bits per heavy atom. The average Bonchev–Trinajstić information content (AvgIpc) is 2.36. The molecule has 1 atom stereocenters. The molecule has 0 saturated carbocycles. The fourth-order valence-corrected chi connectivity index (χ4v) is 2.54. The molecule has 0 amide bonds. The number of hydrogen-bond donors (Lipinski definition) is 2. The predicted molar refractivity (Wildman–Crippen MR) is 74.5 cm³/mol. The number of sulfonamides is 1. The maximum atomic E-state index is 11.4. The van der Waals surface area contributed by atoms with Crippen molar-refractivity contribution in [1.29, 1.82) is 0 Å². The molecule has 0 aliphatic rings. The van der Waals surface area contributed by atoms with Crippen LogP contribution in [0.4, 0.5) is 11.4 Å². The first-order chi connectivity index (χ1) is 9.55. The molecule has 0 aliphatic carbocycles. The van der Waals surface area contributed by atoms with Crippen molar-refractivity contribution >= 4 is 27.4 Å². The minimum atomic E-state index is -4.26. The van der Waals surface area contributed by atoms with Crippen LogP contribution < -0.4 is 10.0 Å². The molecule has 10 heteroatoms. The Bertz CT molecular complexity index is 673. The van der Waals surface area contributed by atoms with Gasteiger partial charge in [0.2, 0.25) is 10.0 Å². The maximum Gasteiger partial charge on any atom is 0.312 e. The summed E-state index contributed by atoms with van der Waals surface area (Å²) in [6.07, 6.45) is 0. The molecule has 0 saturated heterocycles. The summed E-state index contributed by atoms with van der Waals surface area (Å²) in [7, 11) is -2.82. The number of nitro groups is 1. The number of nitro benzene ring substituents is 1. The van der Waals surface area contributed by atoms with E-state index in [9.17, 15) is 23.3 Å². The van der Waals surface area contributed by atoms with E-state index >= 15 is 0 Å². The normalized spacial score (nSPS) is 12.7. The zero-order valence-electron chi connectivity index (χ0n) is 11.4. The number of carbonyl (C=O) groups is 1. The van der Waals surface area contributed by atoms with Crippen LogP contribution in [-0.4, -0.2) is 38.0 Å². The minimum Gasteiger partial charge on any atom is -0.481 e. The van der Waals surface area contributed by atoms with Gasteiger partial charge in [-0.05, 0) is 12.1 Å². The summed E-state index contributed by atoms with van der Waals surface area (Å²) in [6.45, 7) is 1.42. The molecule has 0 bridgehead atoms. The standard InChI is InChI=1S/C11H15N3O6S/c1-7(11(15)16)6-13(2)8-4-3-5-9(21(12,19)20)10(8)14(17)18/h3-5,7H,6H2,1-2H3,(H,15,16)(H2,12,19,20). The Morgan fingerprint density at radius 3 is 2.52 bits per heavy atom. The third-order valence-electron chi connectivity index (χ3n) is 2.85. The van der Waals surface area contributed by atoms with Crippen molar-refractivity contribution < 1.29 is 23.2 Å². The number of para-hydroxylation sites is 1. The molecular weight excluding hydrogens is 302 g/mol. The van der Waals surface area contributed by atoms with Gasteiger partial charge in [0.1, 0.15) is 5.69 Å². The number of benzene rings is 1. The van der Waals surface area contributed by atoms with Crippen LogP contribution in [0, 0.1) is 16.0 Å². The van der Waals surface area contributed by atoms with Gasteiger partial charge in [0.15, 0.2) is 4.90 Å². The van der Waals surface area contributed by atoms with E-state index in [-0.39, 0.29) is 12.2 Å². The summed E-state index contributed by atoms with van der Waals surface area (Å²) in [6, 6.07) is 3.68. The van der Waals surface area contributed by atoms with Crippen LogP contribution in [0.3, 0.4) is 0 Å². The molecule has 0 aromatic heterocycles. The van der Waals surface area contributed by atoms with Gasteiger partial charge in [0.05, 0.1) is 10.8 Å². The summed E-state index contributed by atoms with van der Waals surface area (Å²) in [5.74, 6) is -1.85. The third kappa shape index (κ3) is 3.89. The minimum absolute atomic E-state index is 0.0142. The number of carboxylic acids is 1. The van der Waals surface area contributed by atoms with Gasteiger partial charge in [-0.2, -0.15) is 0 Å². The van der Waals surface area contributed by atoms with Gasteiger partial charge >= 0.3 is 11.7 Å². The second-order valence-corrected chi connectivity index (χ2v) is 6.08. The molecule has 0 spiro atoms. The number of primary sulfonamides is 1. The molecule has 1 rings (SSSR count). The highest BCUT2D eigenvalue weighted by Crippen LogP contribution is 2.33. The van der Waals surface area contributed by atoms with E-state index in [2.05, 4.69) is 0 Å². The SMILES string of the molecule is CC(CN(C)c1cccc(S(N)(=O)=O)c1[N+](=O)[O-])C(=O)O. The molecule has 116 valence electrons. The van der Waals surface area contributed by atoms with E-state index in [1.807, 2.05) is 0 Å². The number of hydrogen-bond acceptors (Lipinski definition) is 6. The maximum absolute atomic E-state index is 11.4. The molecule has 0 radical (unpaired) electrons. The van der Waals surface area contributed by atoms with E-state index in [0.29, 0.717) is 0 Å². The van der Waals surface area contributed by atoms with E-state index in [1.54, 1.807) is 0 Å². The zero-order chi connectivity index (χ0) is 16.4. The van der Waals surface area contributed by atoms with Crippen LogP contribution in [-0.2, 0) is 14.8 Å². The molecule has 1 unspecified atom stereocenters. The van der Waals surface area contributed by atoms with Crippen molar-refractivity contribution in [3.8, 4) is 0 Å². The summed E-state index contributed by atoms with van der Waals surface area (Å²) < 4.78 is 22.8. The summed E-state index contributed by atoms with van der Waals surface area (Å²) >= 11 is 0. The first-order valence-electron chi connectivity index (χ1n) is 5.79. The van der Waals surface area contributed by atoms with Crippen molar-refractivity contribution in [2.75, 3.05) is 18.5 Å². The highest BCUT2D eigenvalue weighted by Gasteiger charge is 2.29. The zero-order valence-corrected chi connectivity index (χ0v) is 12.2. The highest BCUT2D eigenvalue weighted by molar-refractivity contribution is 7.89. The van der Waals surface area contributed by atoms with Crippen LogP contribution in [0.15, 0.2) is 23.1 Å². The Balaban J connectivity index is 3.37. The lowest BCUT2D eigenvalue weighted by atomic mass is 10.1. The number of aliphatic carboxylic acids is 1. The van der Waals surface area contributed by atoms with Gasteiger partial charge in [-0.15, -0.1) is 0 Å². The summed E-state index contributed by atoms with van der Waals surface area (Å²) in [5.41, 5.74) is -0.681. The van der Waals surface area contributed by atoms with Crippen LogP contribution in [0.25, 0.3) is 0 Å². The fourth-order valence-electron chi connectivity index (χ4n) is 1.82. The molecule has 0 heterocycles. The highest BCUT2D eigenvalue weighted by atomic mass is 32.2. The first kappa shape index (κ1) is 16.9. The second kappa shape index (κ2) is 6.06. The van der Waals surface area contributed by atoms with Crippen molar-refractivity contribution in [2.45, 2.75) is 11.8 Å². The first-order valence-corrected chi connectivity index (χ1v) is 7.34. The van der Waals surface area contributed by atoms with Gasteiger partial charge in [-0.25, -0.2) is 13.6 Å². The lowest BCUT2D eigenvalue weighted by Crippen LogP contribution is -2.29.